The zero-order valence-corrected chi connectivity index (χ0v) is 11.4. The molecule has 0 radical (unpaired) electrons. The van der Waals surface area contributed by atoms with Gasteiger partial charge in [0.25, 0.3) is 0 Å². The molecule has 3 rings (SSSR count). The molecule has 3 nitrogen and oxygen atoms in total. The van der Waals surface area contributed by atoms with E-state index in [1.807, 2.05) is 6.92 Å². The smallest absolute Gasteiger partial charge is 0.223 e. The van der Waals surface area contributed by atoms with Crippen molar-refractivity contribution in [1.82, 2.24) is 10.1 Å². The van der Waals surface area contributed by atoms with Gasteiger partial charge in [0.1, 0.15) is 0 Å². The van der Waals surface area contributed by atoms with Gasteiger partial charge in [0.2, 0.25) is 11.7 Å². The molecule has 1 aliphatic carbocycles. The Morgan fingerprint density at radius 1 is 1.11 bits per heavy atom. The van der Waals surface area contributed by atoms with Gasteiger partial charge < -0.3 is 4.52 Å². The molecular formula is C16H18N2O. The molecule has 0 saturated carbocycles. The first-order valence-electron chi connectivity index (χ1n) is 6.85. The number of benzene rings is 1. The summed E-state index contributed by atoms with van der Waals surface area (Å²) < 4.78 is 5.08. The van der Waals surface area contributed by atoms with Gasteiger partial charge in [0.15, 0.2) is 0 Å². The Morgan fingerprint density at radius 3 is 2.63 bits per heavy atom. The van der Waals surface area contributed by atoms with Crippen LogP contribution in [0.25, 0.3) is 17.0 Å². The first kappa shape index (κ1) is 12.2. The molecule has 1 aliphatic rings. The second-order valence-corrected chi connectivity index (χ2v) is 5.09. The Balaban J connectivity index is 2.06. The number of hydrogen-bond acceptors (Lipinski definition) is 3. The van der Waals surface area contributed by atoms with Gasteiger partial charge >= 0.3 is 0 Å². The minimum absolute atomic E-state index is 0.608. The molecule has 19 heavy (non-hydrogen) atoms. The highest BCUT2D eigenvalue weighted by atomic mass is 16.5. The normalized spacial score (nSPS) is 15.4. The molecule has 0 N–H and O–H groups in total. The highest BCUT2D eigenvalue weighted by Crippen LogP contribution is 2.32. The monoisotopic (exact) mass is 254 g/mol. The van der Waals surface area contributed by atoms with E-state index in [1.54, 1.807) is 0 Å². The quantitative estimate of drug-likeness (QED) is 0.801. The van der Waals surface area contributed by atoms with E-state index in [4.69, 9.17) is 4.52 Å². The second-order valence-electron chi connectivity index (χ2n) is 5.09. The molecule has 3 heteroatoms. The minimum Gasteiger partial charge on any atom is -0.339 e. The van der Waals surface area contributed by atoms with E-state index >= 15 is 0 Å². The summed E-state index contributed by atoms with van der Waals surface area (Å²) in [6, 6.07) is 6.34. The molecule has 1 heterocycles. The molecule has 0 atom stereocenters. The molecule has 2 aromatic rings. The van der Waals surface area contributed by atoms with Gasteiger partial charge in [-0.05, 0) is 49.3 Å². The fourth-order valence-electron chi connectivity index (χ4n) is 2.72. The lowest BCUT2D eigenvalue weighted by Crippen LogP contribution is -1.96. The zero-order valence-electron chi connectivity index (χ0n) is 11.4. The van der Waals surface area contributed by atoms with Crippen LogP contribution in [0, 0.1) is 13.8 Å². The third-order valence-corrected chi connectivity index (χ3v) is 3.74. The van der Waals surface area contributed by atoms with Crippen LogP contribution in [-0.4, -0.2) is 10.1 Å². The van der Waals surface area contributed by atoms with Gasteiger partial charge in [-0.2, -0.15) is 4.98 Å². The lowest BCUT2D eigenvalue weighted by Gasteiger charge is -2.16. The second kappa shape index (κ2) is 5.00. The Morgan fingerprint density at radius 2 is 1.95 bits per heavy atom. The van der Waals surface area contributed by atoms with Gasteiger partial charge in [0.05, 0.1) is 0 Å². The molecule has 0 spiro atoms. The maximum atomic E-state index is 5.08. The summed E-state index contributed by atoms with van der Waals surface area (Å²) in [6.07, 6.45) is 7.34. The molecular weight excluding hydrogens is 236 g/mol. The highest BCUT2D eigenvalue weighted by Gasteiger charge is 2.14. The molecule has 1 aromatic heterocycles. The van der Waals surface area contributed by atoms with Crippen molar-refractivity contribution in [2.45, 2.75) is 39.5 Å². The van der Waals surface area contributed by atoms with Crippen LogP contribution in [0.15, 0.2) is 28.8 Å². The van der Waals surface area contributed by atoms with Gasteiger partial charge in [-0.1, -0.05) is 29.4 Å². The number of aromatic nitrogens is 2. The number of rotatable bonds is 2. The summed E-state index contributed by atoms with van der Waals surface area (Å²) in [5.41, 5.74) is 5.11. The zero-order chi connectivity index (χ0) is 13.2. The fourth-order valence-corrected chi connectivity index (χ4v) is 2.72. The molecule has 1 aromatic carbocycles. The minimum atomic E-state index is 0.608. The summed E-state index contributed by atoms with van der Waals surface area (Å²) in [4.78, 5) is 4.33. The summed E-state index contributed by atoms with van der Waals surface area (Å²) in [5, 5.41) is 4.03. The van der Waals surface area contributed by atoms with Crippen LogP contribution in [0.5, 0.6) is 0 Å². The van der Waals surface area contributed by atoms with Crippen molar-refractivity contribution in [3.63, 3.8) is 0 Å². The standard InChI is InChI=1S/C16H18N2O/c1-11-14(13-7-4-3-5-8-13)9-6-10-15(11)16-17-12(2)19-18-16/h6-7,9-10H,3-5,8H2,1-2H3. The van der Waals surface area contributed by atoms with Gasteiger partial charge in [-0.3, -0.25) is 0 Å². The van der Waals surface area contributed by atoms with Crippen molar-refractivity contribution in [1.29, 1.82) is 0 Å². The van der Waals surface area contributed by atoms with E-state index in [2.05, 4.69) is 41.3 Å². The van der Waals surface area contributed by atoms with E-state index in [0.717, 1.165) is 5.56 Å². The van der Waals surface area contributed by atoms with Crippen LogP contribution >= 0.6 is 0 Å². The molecule has 0 aliphatic heterocycles. The van der Waals surface area contributed by atoms with Crippen molar-refractivity contribution in [3.05, 3.63) is 41.3 Å². The Labute approximate surface area is 113 Å². The van der Waals surface area contributed by atoms with Crippen LogP contribution in [-0.2, 0) is 0 Å². The molecule has 98 valence electrons. The molecule has 0 fully saturated rings. The topological polar surface area (TPSA) is 38.9 Å². The lowest BCUT2D eigenvalue weighted by atomic mass is 9.89. The highest BCUT2D eigenvalue weighted by molar-refractivity contribution is 5.75. The Bertz CT molecular complexity index is 625. The van der Waals surface area contributed by atoms with E-state index in [9.17, 15) is 0 Å². The molecule has 0 bridgehead atoms. The molecule has 0 saturated heterocycles. The Kier molecular flexibility index (Phi) is 3.20. The maximum absolute atomic E-state index is 5.08. The Hall–Kier alpha value is -1.90. The largest absolute Gasteiger partial charge is 0.339 e. The van der Waals surface area contributed by atoms with Crippen LogP contribution in [0.3, 0.4) is 0 Å². The van der Waals surface area contributed by atoms with Crippen molar-refractivity contribution in [2.24, 2.45) is 0 Å². The van der Waals surface area contributed by atoms with Crippen molar-refractivity contribution in [3.8, 4) is 11.4 Å². The SMILES string of the molecule is Cc1nc(-c2cccc(C3=CCCCC3)c2C)no1. The van der Waals surface area contributed by atoms with Crippen molar-refractivity contribution < 1.29 is 4.52 Å². The van der Waals surface area contributed by atoms with Crippen molar-refractivity contribution in [2.75, 3.05) is 0 Å². The average molecular weight is 254 g/mol. The number of aryl methyl sites for hydroxylation is 1. The summed E-state index contributed by atoms with van der Waals surface area (Å²) in [6.45, 7) is 3.96. The summed E-state index contributed by atoms with van der Waals surface area (Å²) in [5.74, 6) is 1.30. The van der Waals surface area contributed by atoms with Gasteiger partial charge in [0, 0.05) is 12.5 Å². The van der Waals surface area contributed by atoms with Crippen molar-refractivity contribution >= 4 is 5.57 Å². The average Bonchev–Trinajstić information content (AvgIpc) is 2.86. The van der Waals surface area contributed by atoms with E-state index in [0.29, 0.717) is 11.7 Å². The van der Waals surface area contributed by atoms with Crippen LogP contribution in [0.4, 0.5) is 0 Å². The van der Waals surface area contributed by atoms with E-state index in [-0.39, 0.29) is 0 Å². The number of allylic oxidation sites excluding steroid dienone is 2. The van der Waals surface area contributed by atoms with Crippen LogP contribution in [0.2, 0.25) is 0 Å². The first-order valence-corrected chi connectivity index (χ1v) is 6.85. The van der Waals surface area contributed by atoms with E-state index < -0.39 is 0 Å². The van der Waals surface area contributed by atoms with E-state index in [1.165, 1.54) is 42.4 Å². The summed E-state index contributed by atoms with van der Waals surface area (Å²) >= 11 is 0. The van der Waals surface area contributed by atoms with Crippen LogP contribution in [0.1, 0.15) is 42.7 Å². The first-order chi connectivity index (χ1) is 9.25. The predicted molar refractivity (Wildman–Crippen MR) is 75.7 cm³/mol. The van der Waals surface area contributed by atoms with Gasteiger partial charge in [-0.25, -0.2) is 0 Å². The fraction of sp³-hybridized carbons (Fsp3) is 0.375. The third kappa shape index (κ3) is 2.33. The number of hydrogen-bond donors (Lipinski definition) is 0. The van der Waals surface area contributed by atoms with Crippen LogP contribution < -0.4 is 0 Å². The molecule has 0 amide bonds. The maximum Gasteiger partial charge on any atom is 0.223 e. The van der Waals surface area contributed by atoms with Gasteiger partial charge in [-0.15, -0.1) is 0 Å². The lowest BCUT2D eigenvalue weighted by molar-refractivity contribution is 0.394. The molecule has 0 unspecified atom stereocenters. The predicted octanol–water partition coefficient (Wildman–Crippen LogP) is 4.31. The number of nitrogens with zero attached hydrogens (tertiary/aromatic N) is 2. The third-order valence-electron chi connectivity index (χ3n) is 3.74. The summed E-state index contributed by atoms with van der Waals surface area (Å²) in [7, 11) is 0.